The Balaban J connectivity index is 2.94. The molecule has 0 saturated carbocycles. The van der Waals surface area contributed by atoms with E-state index in [1.807, 2.05) is 0 Å². The molecule has 3 N–H and O–H groups in total. The third-order valence-corrected chi connectivity index (χ3v) is 2.77. The Labute approximate surface area is 121 Å². The first-order chi connectivity index (χ1) is 9.72. The van der Waals surface area contributed by atoms with Crippen LogP contribution < -0.4 is 5.73 Å². The number of ether oxygens (including phenoxy) is 4. The molecular weight excluding hydrogens is 286 g/mol. The van der Waals surface area contributed by atoms with Crippen LogP contribution in [-0.2, 0) is 33.3 Å². The van der Waals surface area contributed by atoms with Gasteiger partial charge in [0.15, 0.2) is 18.5 Å². The van der Waals surface area contributed by atoms with E-state index in [0.717, 1.165) is 13.8 Å². The van der Waals surface area contributed by atoms with Crippen LogP contribution in [0.2, 0.25) is 0 Å². The normalized spacial score (nSPS) is 32.1. The molecule has 1 rings (SSSR count). The first-order valence-electron chi connectivity index (χ1n) is 6.29. The summed E-state index contributed by atoms with van der Waals surface area (Å²) in [7, 11) is 0. The zero-order chi connectivity index (χ0) is 16.2. The summed E-state index contributed by atoms with van der Waals surface area (Å²) in [6.07, 6.45) is -4.67. The van der Waals surface area contributed by atoms with Crippen molar-refractivity contribution in [1.29, 1.82) is 0 Å². The summed E-state index contributed by atoms with van der Waals surface area (Å²) in [5, 5.41) is 9.73. The van der Waals surface area contributed by atoms with Crippen molar-refractivity contribution in [1.82, 2.24) is 0 Å². The van der Waals surface area contributed by atoms with Gasteiger partial charge in [-0.1, -0.05) is 0 Å². The molecule has 120 valence electrons. The monoisotopic (exact) mass is 305 g/mol. The molecule has 21 heavy (non-hydrogen) atoms. The Kier molecular flexibility index (Phi) is 6.06. The van der Waals surface area contributed by atoms with Crippen LogP contribution in [0.25, 0.3) is 0 Å². The van der Waals surface area contributed by atoms with Gasteiger partial charge in [-0.25, -0.2) is 0 Å². The second-order valence-corrected chi connectivity index (χ2v) is 4.59. The van der Waals surface area contributed by atoms with Gasteiger partial charge in [0, 0.05) is 20.8 Å². The molecular formula is C12H19NO8. The highest BCUT2D eigenvalue weighted by molar-refractivity contribution is 5.67. The van der Waals surface area contributed by atoms with Gasteiger partial charge in [-0.2, -0.15) is 0 Å². The van der Waals surface area contributed by atoms with Crippen molar-refractivity contribution >= 4 is 17.9 Å². The van der Waals surface area contributed by atoms with Crippen LogP contribution in [0.5, 0.6) is 0 Å². The lowest BCUT2D eigenvalue weighted by atomic mass is 9.97. The predicted molar refractivity (Wildman–Crippen MR) is 66.6 cm³/mol. The van der Waals surface area contributed by atoms with E-state index in [9.17, 15) is 19.5 Å². The lowest BCUT2D eigenvalue weighted by Crippen LogP contribution is -2.64. The van der Waals surface area contributed by atoms with Crippen molar-refractivity contribution in [2.24, 2.45) is 5.73 Å². The first kappa shape index (κ1) is 17.3. The highest BCUT2D eigenvalue weighted by Gasteiger charge is 2.48. The molecule has 0 spiro atoms. The molecule has 1 aliphatic rings. The second kappa shape index (κ2) is 7.34. The highest BCUT2D eigenvalue weighted by atomic mass is 16.7. The van der Waals surface area contributed by atoms with Crippen LogP contribution in [0.15, 0.2) is 0 Å². The quantitative estimate of drug-likeness (QED) is 0.468. The maximum Gasteiger partial charge on any atom is 0.303 e. The van der Waals surface area contributed by atoms with Crippen molar-refractivity contribution in [2.75, 3.05) is 6.61 Å². The van der Waals surface area contributed by atoms with Crippen LogP contribution in [0.3, 0.4) is 0 Å². The zero-order valence-corrected chi connectivity index (χ0v) is 12.0. The van der Waals surface area contributed by atoms with E-state index in [2.05, 4.69) is 0 Å². The fourth-order valence-electron chi connectivity index (χ4n) is 1.95. The third-order valence-electron chi connectivity index (χ3n) is 2.77. The van der Waals surface area contributed by atoms with Gasteiger partial charge in [0.05, 0.1) is 6.04 Å². The molecule has 0 aromatic rings. The largest absolute Gasteiger partial charge is 0.463 e. The van der Waals surface area contributed by atoms with Crippen LogP contribution in [-0.4, -0.2) is 60.3 Å². The first-order valence-corrected chi connectivity index (χ1v) is 6.29. The molecule has 5 atom stereocenters. The van der Waals surface area contributed by atoms with E-state index in [-0.39, 0.29) is 6.61 Å². The minimum absolute atomic E-state index is 0.283. The van der Waals surface area contributed by atoms with Crippen LogP contribution in [0, 0.1) is 0 Å². The molecule has 1 saturated heterocycles. The Hall–Kier alpha value is -1.71. The van der Waals surface area contributed by atoms with Crippen LogP contribution in [0.1, 0.15) is 20.8 Å². The molecule has 0 amide bonds. The number of carbonyl (C=O) groups excluding carboxylic acids is 3. The predicted octanol–water partition coefficient (Wildman–Crippen LogP) is -1.54. The van der Waals surface area contributed by atoms with Gasteiger partial charge in [-0.05, 0) is 0 Å². The van der Waals surface area contributed by atoms with Crippen LogP contribution in [0.4, 0.5) is 0 Å². The Bertz CT molecular complexity index is 412. The van der Waals surface area contributed by atoms with E-state index >= 15 is 0 Å². The number of rotatable bonds is 4. The summed E-state index contributed by atoms with van der Waals surface area (Å²) in [5.74, 6) is -1.89. The van der Waals surface area contributed by atoms with Gasteiger partial charge in [0.25, 0.3) is 0 Å². The Morgan fingerprint density at radius 2 is 1.57 bits per heavy atom. The van der Waals surface area contributed by atoms with Gasteiger partial charge in [0.1, 0.15) is 12.7 Å². The molecule has 0 bridgehead atoms. The smallest absolute Gasteiger partial charge is 0.303 e. The zero-order valence-electron chi connectivity index (χ0n) is 12.0. The summed E-state index contributed by atoms with van der Waals surface area (Å²) < 4.78 is 20.0. The standard InChI is InChI=1S/C12H19NO8/c1-5(14)18-4-8-10(19-6(2)15)11(20-7(3)16)9(13)12(17)21-8/h8-12,17H,4,13H2,1-3H3/t8?,9?,10-,11+,12+/m1/s1. The molecule has 9 heteroatoms. The summed E-state index contributed by atoms with van der Waals surface area (Å²) >= 11 is 0. The molecule has 0 radical (unpaired) electrons. The molecule has 0 aromatic carbocycles. The van der Waals surface area contributed by atoms with Gasteiger partial charge < -0.3 is 29.8 Å². The number of nitrogens with two attached hydrogens (primary N) is 1. The van der Waals surface area contributed by atoms with E-state index in [1.165, 1.54) is 6.92 Å². The number of aliphatic hydroxyl groups is 1. The Morgan fingerprint density at radius 1 is 1.05 bits per heavy atom. The summed E-state index contributed by atoms with van der Waals surface area (Å²) in [6, 6.07) is -1.10. The lowest BCUT2D eigenvalue weighted by molar-refractivity contribution is -0.260. The molecule has 0 aromatic heterocycles. The summed E-state index contributed by atoms with van der Waals surface area (Å²) in [4.78, 5) is 33.2. The van der Waals surface area contributed by atoms with Gasteiger partial charge in [-0.15, -0.1) is 0 Å². The van der Waals surface area contributed by atoms with E-state index in [4.69, 9.17) is 24.7 Å². The Morgan fingerprint density at radius 3 is 2.05 bits per heavy atom. The summed E-state index contributed by atoms with van der Waals surface area (Å²) in [6.45, 7) is 3.22. The average Bonchev–Trinajstić information content (AvgIpc) is 2.35. The van der Waals surface area contributed by atoms with Gasteiger partial charge >= 0.3 is 17.9 Å². The van der Waals surface area contributed by atoms with Gasteiger partial charge in [-0.3, -0.25) is 14.4 Å². The number of carbonyl (C=O) groups is 3. The van der Waals surface area contributed by atoms with Crippen molar-refractivity contribution in [3.8, 4) is 0 Å². The lowest BCUT2D eigenvalue weighted by Gasteiger charge is -2.41. The molecule has 9 nitrogen and oxygen atoms in total. The van der Waals surface area contributed by atoms with Gasteiger partial charge in [0.2, 0.25) is 0 Å². The number of esters is 3. The number of hydrogen-bond acceptors (Lipinski definition) is 9. The molecule has 0 aliphatic carbocycles. The third kappa shape index (κ3) is 4.96. The maximum atomic E-state index is 11.2. The summed E-state index contributed by atoms with van der Waals surface area (Å²) in [5.41, 5.74) is 5.70. The van der Waals surface area contributed by atoms with Crippen molar-refractivity contribution in [2.45, 2.75) is 51.4 Å². The number of hydrogen-bond donors (Lipinski definition) is 2. The average molecular weight is 305 g/mol. The molecule has 2 unspecified atom stereocenters. The molecule has 1 fully saturated rings. The topological polar surface area (TPSA) is 134 Å². The minimum Gasteiger partial charge on any atom is -0.463 e. The van der Waals surface area contributed by atoms with E-state index in [0.29, 0.717) is 0 Å². The molecule has 1 heterocycles. The second-order valence-electron chi connectivity index (χ2n) is 4.59. The maximum absolute atomic E-state index is 11.2. The highest BCUT2D eigenvalue weighted by Crippen LogP contribution is 2.24. The SMILES string of the molecule is CC(=O)OCC1O[C@H](O)C(N)[C@H](OC(C)=O)[C@@H]1OC(C)=O. The fraction of sp³-hybridized carbons (Fsp3) is 0.750. The van der Waals surface area contributed by atoms with E-state index < -0.39 is 48.6 Å². The van der Waals surface area contributed by atoms with Crippen molar-refractivity contribution in [3.05, 3.63) is 0 Å². The van der Waals surface area contributed by atoms with Crippen molar-refractivity contribution < 1.29 is 38.4 Å². The number of aliphatic hydroxyl groups excluding tert-OH is 1. The van der Waals surface area contributed by atoms with Crippen molar-refractivity contribution in [3.63, 3.8) is 0 Å². The van der Waals surface area contributed by atoms with E-state index in [1.54, 1.807) is 0 Å². The fourth-order valence-corrected chi connectivity index (χ4v) is 1.95. The molecule has 1 aliphatic heterocycles. The van der Waals surface area contributed by atoms with Crippen LogP contribution >= 0.6 is 0 Å². The minimum atomic E-state index is -1.46.